The second-order valence-electron chi connectivity index (χ2n) is 7.15. The van der Waals surface area contributed by atoms with Gasteiger partial charge in [0.05, 0.1) is 12.6 Å². The maximum Gasteiger partial charge on any atom is 0.274 e. The van der Waals surface area contributed by atoms with E-state index >= 15 is 0 Å². The predicted molar refractivity (Wildman–Crippen MR) is 107 cm³/mol. The average molecular weight is 379 g/mol. The van der Waals surface area contributed by atoms with Crippen LogP contribution >= 0.6 is 0 Å². The Hall–Kier alpha value is -2.86. The summed E-state index contributed by atoms with van der Waals surface area (Å²) in [6, 6.07) is 13.6. The van der Waals surface area contributed by atoms with Gasteiger partial charge in [-0.1, -0.05) is 24.3 Å². The molecular formula is C22H25N3O3. The number of rotatable bonds is 7. The predicted octanol–water partition coefficient (Wildman–Crippen LogP) is 3.34. The number of imidazole rings is 1. The molecule has 0 radical (unpaired) electrons. The van der Waals surface area contributed by atoms with Crippen LogP contribution < -0.4 is 4.74 Å². The van der Waals surface area contributed by atoms with Gasteiger partial charge in [0, 0.05) is 25.5 Å². The molecule has 6 nitrogen and oxygen atoms in total. The van der Waals surface area contributed by atoms with E-state index < -0.39 is 0 Å². The maximum absolute atomic E-state index is 13.2. The number of aryl methyl sites for hydroxylation is 1. The Balaban J connectivity index is 1.48. The normalized spacial score (nSPS) is 16.4. The number of benzene rings is 1. The molecule has 0 unspecified atom stereocenters. The molecule has 2 aromatic heterocycles. The van der Waals surface area contributed by atoms with Crippen LogP contribution in [0.4, 0.5) is 0 Å². The lowest BCUT2D eigenvalue weighted by molar-refractivity contribution is 0.0490. The molecule has 1 aromatic carbocycles. The van der Waals surface area contributed by atoms with Gasteiger partial charge >= 0.3 is 0 Å². The van der Waals surface area contributed by atoms with Gasteiger partial charge in [-0.3, -0.25) is 4.79 Å². The van der Waals surface area contributed by atoms with Crippen molar-refractivity contribution in [3.05, 3.63) is 66.1 Å². The third-order valence-electron chi connectivity index (χ3n) is 4.93. The van der Waals surface area contributed by atoms with E-state index in [9.17, 15) is 4.79 Å². The van der Waals surface area contributed by atoms with Gasteiger partial charge in [0.15, 0.2) is 0 Å². The number of carbonyl (C=O) groups excluding carboxylic acids is 1. The Morgan fingerprint density at radius 1 is 1.25 bits per heavy atom. The lowest BCUT2D eigenvalue weighted by Crippen LogP contribution is -2.40. The van der Waals surface area contributed by atoms with Crippen LogP contribution in [0.25, 0.3) is 5.65 Å². The molecule has 0 spiro atoms. The quantitative estimate of drug-likeness (QED) is 0.632. The second kappa shape index (κ2) is 8.44. The zero-order valence-electron chi connectivity index (χ0n) is 16.1. The molecule has 3 aromatic rings. The first-order chi connectivity index (χ1) is 13.7. The number of pyridine rings is 1. The molecule has 28 heavy (non-hydrogen) atoms. The Labute approximate surface area is 164 Å². The first-order valence-corrected chi connectivity index (χ1v) is 9.73. The highest BCUT2D eigenvalue weighted by molar-refractivity contribution is 5.93. The number of carbonyl (C=O) groups is 1. The summed E-state index contributed by atoms with van der Waals surface area (Å²) in [4.78, 5) is 19.5. The lowest BCUT2D eigenvalue weighted by atomic mass is 10.2. The zero-order valence-corrected chi connectivity index (χ0v) is 16.1. The van der Waals surface area contributed by atoms with Gasteiger partial charge in [-0.2, -0.15) is 0 Å². The van der Waals surface area contributed by atoms with Crippen LogP contribution in [0.3, 0.4) is 0 Å². The van der Waals surface area contributed by atoms with Crippen LogP contribution in [0, 0.1) is 6.92 Å². The number of hydrogen-bond donors (Lipinski definition) is 0. The number of ether oxygens (including phenoxy) is 2. The van der Waals surface area contributed by atoms with Crippen LogP contribution in [-0.4, -0.2) is 52.6 Å². The van der Waals surface area contributed by atoms with Crippen molar-refractivity contribution in [2.24, 2.45) is 0 Å². The Morgan fingerprint density at radius 2 is 2.11 bits per heavy atom. The highest BCUT2D eigenvalue weighted by Crippen LogP contribution is 2.16. The maximum atomic E-state index is 13.2. The average Bonchev–Trinajstić information content (AvgIpc) is 3.36. The summed E-state index contributed by atoms with van der Waals surface area (Å²) < 4.78 is 13.4. The molecule has 3 heterocycles. The second-order valence-corrected chi connectivity index (χ2v) is 7.15. The first kappa shape index (κ1) is 18.5. The molecule has 1 aliphatic rings. The molecule has 1 amide bonds. The number of amides is 1. The topological polar surface area (TPSA) is 56.1 Å². The van der Waals surface area contributed by atoms with E-state index in [0.29, 0.717) is 25.4 Å². The van der Waals surface area contributed by atoms with Gasteiger partial charge in [0.1, 0.15) is 23.7 Å². The number of hydrogen-bond acceptors (Lipinski definition) is 4. The summed E-state index contributed by atoms with van der Waals surface area (Å²) in [6.07, 6.45) is 5.88. The summed E-state index contributed by atoms with van der Waals surface area (Å²) in [5.74, 6) is 0.712. The molecule has 4 rings (SSSR count). The van der Waals surface area contributed by atoms with Crippen molar-refractivity contribution in [2.45, 2.75) is 25.9 Å². The number of aromatic nitrogens is 2. The van der Waals surface area contributed by atoms with Crippen LogP contribution in [0.5, 0.6) is 5.75 Å². The minimum Gasteiger partial charge on any atom is -0.492 e. The summed E-state index contributed by atoms with van der Waals surface area (Å²) in [5, 5.41) is 0. The van der Waals surface area contributed by atoms with Crippen molar-refractivity contribution in [1.82, 2.24) is 14.3 Å². The third-order valence-corrected chi connectivity index (χ3v) is 4.93. The highest BCUT2D eigenvalue weighted by Gasteiger charge is 2.25. The summed E-state index contributed by atoms with van der Waals surface area (Å²) in [7, 11) is 0. The molecule has 0 saturated carbocycles. The summed E-state index contributed by atoms with van der Waals surface area (Å²) >= 11 is 0. The summed E-state index contributed by atoms with van der Waals surface area (Å²) in [6.45, 7) is 4.26. The first-order valence-electron chi connectivity index (χ1n) is 9.73. The number of para-hydroxylation sites is 1. The molecule has 146 valence electrons. The van der Waals surface area contributed by atoms with E-state index in [-0.39, 0.29) is 12.0 Å². The Morgan fingerprint density at radius 3 is 2.89 bits per heavy atom. The Bertz CT molecular complexity index is 933. The van der Waals surface area contributed by atoms with Crippen LogP contribution in [0.15, 0.2) is 54.9 Å². The fraction of sp³-hybridized carbons (Fsp3) is 0.364. The van der Waals surface area contributed by atoms with Gasteiger partial charge in [0.25, 0.3) is 5.91 Å². The van der Waals surface area contributed by atoms with Gasteiger partial charge < -0.3 is 18.8 Å². The number of nitrogens with zero attached hydrogens (tertiary/aromatic N) is 3. The SMILES string of the molecule is Cc1ccc2nc(C(=O)N(CCOc3ccccc3)C[C@H]3CCCO3)cn2c1. The van der Waals surface area contributed by atoms with Crippen molar-refractivity contribution in [3.8, 4) is 5.75 Å². The Kier molecular flexibility index (Phi) is 5.58. The van der Waals surface area contributed by atoms with Crippen molar-refractivity contribution >= 4 is 11.6 Å². The van der Waals surface area contributed by atoms with Gasteiger partial charge in [0.2, 0.25) is 0 Å². The molecule has 1 aliphatic heterocycles. The smallest absolute Gasteiger partial charge is 0.274 e. The van der Waals surface area contributed by atoms with Gasteiger partial charge in [-0.15, -0.1) is 0 Å². The van der Waals surface area contributed by atoms with E-state index in [1.165, 1.54) is 0 Å². The minimum atomic E-state index is -0.0893. The van der Waals surface area contributed by atoms with E-state index in [1.807, 2.05) is 60.0 Å². The molecule has 0 aliphatic carbocycles. The molecule has 1 atom stereocenters. The highest BCUT2D eigenvalue weighted by atomic mass is 16.5. The third kappa shape index (κ3) is 4.34. The minimum absolute atomic E-state index is 0.0833. The molecule has 0 bridgehead atoms. The largest absolute Gasteiger partial charge is 0.492 e. The van der Waals surface area contributed by atoms with Gasteiger partial charge in [-0.05, 0) is 43.5 Å². The summed E-state index contributed by atoms with van der Waals surface area (Å²) in [5.41, 5.74) is 2.34. The van der Waals surface area contributed by atoms with Gasteiger partial charge in [-0.25, -0.2) is 4.98 Å². The van der Waals surface area contributed by atoms with Crippen molar-refractivity contribution in [1.29, 1.82) is 0 Å². The fourth-order valence-corrected chi connectivity index (χ4v) is 3.47. The van der Waals surface area contributed by atoms with Crippen molar-refractivity contribution in [2.75, 3.05) is 26.3 Å². The van der Waals surface area contributed by atoms with Crippen LogP contribution in [-0.2, 0) is 4.74 Å². The van der Waals surface area contributed by atoms with E-state index in [0.717, 1.165) is 36.4 Å². The lowest BCUT2D eigenvalue weighted by Gasteiger charge is -2.24. The van der Waals surface area contributed by atoms with E-state index in [2.05, 4.69) is 4.98 Å². The van der Waals surface area contributed by atoms with Crippen molar-refractivity contribution in [3.63, 3.8) is 0 Å². The monoisotopic (exact) mass is 379 g/mol. The standard InChI is InChI=1S/C22H25N3O3/c1-17-9-10-21-23-20(16-25(21)14-17)22(26)24(15-19-8-5-12-27-19)11-13-28-18-6-3-2-4-7-18/h2-4,6-7,9-10,14,16,19H,5,8,11-13,15H2,1H3/t19-/m1/s1. The molecule has 0 N–H and O–H groups in total. The molecule has 6 heteroatoms. The fourth-order valence-electron chi connectivity index (χ4n) is 3.47. The van der Waals surface area contributed by atoms with E-state index in [1.54, 1.807) is 11.1 Å². The zero-order chi connectivity index (χ0) is 19.3. The molecule has 1 saturated heterocycles. The number of fused-ring (bicyclic) bond motifs is 1. The van der Waals surface area contributed by atoms with Crippen LogP contribution in [0.1, 0.15) is 28.9 Å². The molecular weight excluding hydrogens is 354 g/mol. The van der Waals surface area contributed by atoms with Crippen molar-refractivity contribution < 1.29 is 14.3 Å². The molecule has 1 fully saturated rings. The van der Waals surface area contributed by atoms with Crippen LogP contribution in [0.2, 0.25) is 0 Å². The van der Waals surface area contributed by atoms with E-state index in [4.69, 9.17) is 9.47 Å².